The first kappa shape index (κ1) is 21.2. The van der Waals surface area contributed by atoms with Gasteiger partial charge in [-0.1, -0.05) is 0 Å². The van der Waals surface area contributed by atoms with Crippen molar-refractivity contribution >= 4 is 33.6 Å². The Morgan fingerprint density at radius 2 is 1.93 bits per heavy atom. The fourth-order valence-electron chi connectivity index (χ4n) is 2.55. The number of carbonyl (C=O) groups excluding carboxylic acids is 3. The van der Waals surface area contributed by atoms with Crippen molar-refractivity contribution in [3.8, 4) is 0 Å². The molecule has 0 saturated carbocycles. The molecule has 0 radical (unpaired) electrons. The number of benzene rings is 1. The molecule has 1 aliphatic heterocycles. The molecule has 1 heterocycles. The van der Waals surface area contributed by atoms with Gasteiger partial charge in [-0.05, 0) is 12.1 Å². The Labute approximate surface area is 158 Å². The van der Waals surface area contributed by atoms with Crippen LogP contribution < -0.4 is 11.1 Å². The maximum Gasteiger partial charge on any atom is 0.325 e. The number of primary amides is 1. The van der Waals surface area contributed by atoms with E-state index in [2.05, 4.69) is 4.74 Å². The number of rotatable bonds is 6. The fourth-order valence-corrected chi connectivity index (χ4v) is 4.17. The van der Waals surface area contributed by atoms with Crippen LogP contribution in [0.3, 0.4) is 0 Å². The van der Waals surface area contributed by atoms with E-state index in [0.29, 0.717) is 4.31 Å². The number of aliphatic hydroxyl groups excluding tert-OH is 1. The van der Waals surface area contributed by atoms with Gasteiger partial charge in [0.1, 0.15) is 6.04 Å². The van der Waals surface area contributed by atoms with Gasteiger partial charge in [0.2, 0.25) is 10.0 Å². The summed E-state index contributed by atoms with van der Waals surface area (Å²) >= 11 is 0. The molecule has 13 nitrogen and oxygen atoms in total. The SMILES string of the molecule is NC(=O)NC(=O)COC(=O)[C@@H]1C[C@@H](O)CN1S(=O)(=O)c1ccc([N+](=O)[O-])cc1. The van der Waals surface area contributed by atoms with Gasteiger partial charge < -0.3 is 15.6 Å². The summed E-state index contributed by atoms with van der Waals surface area (Å²) in [5, 5.41) is 22.2. The maximum atomic E-state index is 12.8. The van der Waals surface area contributed by atoms with Crippen molar-refractivity contribution in [3.05, 3.63) is 34.4 Å². The molecule has 0 spiro atoms. The molecule has 1 aromatic rings. The number of nitrogens with one attached hydrogen (secondary N) is 1. The van der Waals surface area contributed by atoms with Gasteiger partial charge in [0.25, 0.3) is 11.6 Å². The lowest BCUT2D eigenvalue weighted by molar-refractivity contribution is -0.384. The zero-order chi connectivity index (χ0) is 21.1. The Morgan fingerprint density at radius 3 is 2.46 bits per heavy atom. The number of nitrogens with zero attached hydrogens (tertiary/aromatic N) is 2. The molecule has 1 aliphatic rings. The number of nitro benzene ring substituents is 1. The Morgan fingerprint density at radius 1 is 1.32 bits per heavy atom. The van der Waals surface area contributed by atoms with E-state index in [1.807, 2.05) is 0 Å². The molecule has 14 heteroatoms. The molecule has 1 saturated heterocycles. The summed E-state index contributed by atoms with van der Waals surface area (Å²) in [6.07, 6.45) is -1.44. The van der Waals surface area contributed by atoms with Crippen LogP contribution in [0, 0.1) is 10.1 Å². The van der Waals surface area contributed by atoms with Crippen LogP contribution in [0.5, 0.6) is 0 Å². The number of amides is 3. The van der Waals surface area contributed by atoms with Gasteiger partial charge in [-0.25, -0.2) is 13.2 Å². The van der Waals surface area contributed by atoms with E-state index in [1.54, 1.807) is 5.32 Å². The molecule has 28 heavy (non-hydrogen) atoms. The van der Waals surface area contributed by atoms with Crippen LogP contribution in [0.15, 0.2) is 29.2 Å². The molecular formula is C14H16N4O9S. The predicted octanol–water partition coefficient (Wildman–Crippen LogP) is -1.54. The fraction of sp³-hybridized carbons (Fsp3) is 0.357. The van der Waals surface area contributed by atoms with Crippen LogP contribution in [0.4, 0.5) is 10.5 Å². The van der Waals surface area contributed by atoms with Crippen molar-refractivity contribution in [1.82, 2.24) is 9.62 Å². The number of hydrogen-bond donors (Lipinski definition) is 3. The first-order valence-electron chi connectivity index (χ1n) is 7.72. The van der Waals surface area contributed by atoms with Crippen LogP contribution >= 0.6 is 0 Å². The lowest BCUT2D eigenvalue weighted by Gasteiger charge is -2.22. The van der Waals surface area contributed by atoms with Crippen molar-refractivity contribution in [1.29, 1.82) is 0 Å². The summed E-state index contributed by atoms with van der Waals surface area (Å²) in [4.78, 5) is 43.7. The molecule has 0 unspecified atom stereocenters. The summed E-state index contributed by atoms with van der Waals surface area (Å²) in [5.41, 5.74) is 4.42. The van der Waals surface area contributed by atoms with Gasteiger partial charge in [0.05, 0.1) is 15.9 Å². The molecule has 0 bridgehead atoms. The molecule has 1 fully saturated rings. The average Bonchev–Trinajstić information content (AvgIpc) is 3.02. The highest BCUT2D eigenvalue weighted by molar-refractivity contribution is 7.89. The van der Waals surface area contributed by atoms with Crippen molar-refractivity contribution in [2.45, 2.75) is 23.5 Å². The third-order valence-electron chi connectivity index (χ3n) is 3.77. The third-order valence-corrected chi connectivity index (χ3v) is 5.66. The first-order chi connectivity index (χ1) is 13.0. The maximum absolute atomic E-state index is 12.8. The van der Waals surface area contributed by atoms with Crippen LogP contribution in [0.1, 0.15) is 6.42 Å². The Kier molecular flexibility index (Phi) is 6.27. The molecule has 0 aromatic heterocycles. The number of hydrogen-bond acceptors (Lipinski definition) is 9. The van der Waals surface area contributed by atoms with E-state index in [0.717, 1.165) is 24.3 Å². The molecule has 3 amide bonds. The van der Waals surface area contributed by atoms with Gasteiger partial charge >= 0.3 is 12.0 Å². The van der Waals surface area contributed by atoms with Gasteiger partial charge in [0.15, 0.2) is 6.61 Å². The van der Waals surface area contributed by atoms with Gasteiger partial charge in [0, 0.05) is 25.1 Å². The normalized spacial score (nSPS) is 19.8. The van der Waals surface area contributed by atoms with Crippen molar-refractivity contribution < 1.29 is 37.6 Å². The second kappa shape index (κ2) is 8.28. The highest BCUT2D eigenvalue weighted by Gasteiger charge is 2.44. The minimum atomic E-state index is -4.29. The van der Waals surface area contributed by atoms with E-state index >= 15 is 0 Å². The van der Waals surface area contributed by atoms with Crippen molar-refractivity contribution in [2.24, 2.45) is 5.73 Å². The van der Waals surface area contributed by atoms with Crippen LogP contribution in [-0.4, -0.2) is 66.0 Å². The molecule has 4 N–H and O–H groups in total. The van der Waals surface area contributed by atoms with Gasteiger partial charge in [-0.15, -0.1) is 0 Å². The molecule has 152 valence electrons. The van der Waals surface area contributed by atoms with Crippen molar-refractivity contribution in [2.75, 3.05) is 13.2 Å². The van der Waals surface area contributed by atoms with Crippen LogP contribution in [-0.2, 0) is 24.3 Å². The minimum absolute atomic E-state index is 0.275. The highest BCUT2D eigenvalue weighted by atomic mass is 32.2. The topological polar surface area (TPSA) is 199 Å². The van der Waals surface area contributed by atoms with Gasteiger partial charge in [-0.2, -0.15) is 4.31 Å². The number of nitro groups is 1. The summed E-state index contributed by atoms with van der Waals surface area (Å²) in [5.74, 6) is -2.12. The van der Waals surface area contributed by atoms with Crippen LogP contribution in [0.25, 0.3) is 0 Å². The van der Waals surface area contributed by atoms with E-state index in [1.165, 1.54) is 0 Å². The second-order valence-corrected chi connectivity index (χ2v) is 7.64. The minimum Gasteiger partial charge on any atom is -0.454 e. The molecular weight excluding hydrogens is 400 g/mol. The number of sulfonamides is 1. The van der Waals surface area contributed by atoms with Gasteiger partial charge in [-0.3, -0.25) is 25.0 Å². The van der Waals surface area contributed by atoms with E-state index < -0.39 is 58.2 Å². The molecule has 2 rings (SSSR count). The Hall–Kier alpha value is -3.10. The number of nitrogens with two attached hydrogens (primary N) is 1. The summed E-state index contributed by atoms with van der Waals surface area (Å²) in [6, 6.07) is 1.40. The lowest BCUT2D eigenvalue weighted by Crippen LogP contribution is -2.43. The number of β-amino-alcohol motifs (C(OH)–C–C–N with tert-alkyl or cyclic N) is 1. The highest BCUT2D eigenvalue weighted by Crippen LogP contribution is 2.28. The van der Waals surface area contributed by atoms with Crippen LogP contribution in [0.2, 0.25) is 0 Å². The summed E-state index contributed by atoms with van der Waals surface area (Å²) in [6.45, 7) is -1.29. The lowest BCUT2D eigenvalue weighted by atomic mass is 10.2. The first-order valence-corrected chi connectivity index (χ1v) is 9.16. The number of esters is 1. The Bertz CT molecular complexity index is 900. The molecule has 2 atom stereocenters. The smallest absolute Gasteiger partial charge is 0.325 e. The zero-order valence-corrected chi connectivity index (χ0v) is 15.0. The summed E-state index contributed by atoms with van der Waals surface area (Å²) < 4.78 is 30.9. The number of carbonyl (C=O) groups is 3. The van der Waals surface area contributed by atoms with E-state index in [4.69, 9.17) is 5.73 Å². The number of aliphatic hydroxyl groups is 1. The van der Waals surface area contributed by atoms with E-state index in [-0.39, 0.29) is 17.0 Å². The van der Waals surface area contributed by atoms with E-state index in [9.17, 15) is 38.0 Å². The number of ether oxygens (including phenoxy) is 1. The largest absolute Gasteiger partial charge is 0.454 e. The molecule has 0 aliphatic carbocycles. The number of urea groups is 1. The monoisotopic (exact) mass is 416 g/mol. The summed E-state index contributed by atoms with van der Waals surface area (Å²) in [7, 11) is -4.29. The number of non-ortho nitro benzene ring substituents is 1. The molecule has 1 aromatic carbocycles. The predicted molar refractivity (Wildman–Crippen MR) is 90.1 cm³/mol. The Balaban J connectivity index is 2.17. The van der Waals surface area contributed by atoms with Crippen molar-refractivity contribution in [3.63, 3.8) is 0 Å². The average molecular weight is 416 g/mol. The zero-order valence-electron chi connectivity index (χ0n) is 14.2. The second-order valence-electron chi connectivity index (χ2n) is 5.75. The quantitative estimate of drug-likeness (QED) is 0.279. The third kappa shape index (κ3) is 4.79. The number of imide groups is 1. The standard InChI is InChI=1S/C14H16N4O9S/c15-14(22)16-12(20)7-27-13(21)11-5-9(19)6-17(11)28(25,26)10-3-1-8(2-4-10)18(23)24/h1-4,9,11,19H,5-7H2,(H3,15,16,20,22)/t9-,11+/m1/s1.